The zero-order valence-corrected chi connectivity index (χ0v) is 12.9. The van der Waals surface area contributed by atoms with Gasteiger partial charge in [0.15, 0.2) is 0 Å². The van der Waals surface area contributed by atoms with E-state index in [4.69, 9.17) is 5.14 Å². The molecule has 1 heterocycles. The van der Waals surface area contributed by atoms with Gasteiger partial charge in [-0.05, 0) is 36.4 Å². The molecule has 1 aromatic heterocycles. The Labute approximate surface area is 131 Å². The topological polar surface area (TPSA) is 73.1 Å². The molecule has 0 atom stereocenters. The molecule has 0 spiro atoms. The maximum absolute atomic E-state index is 12.9. The van der Waals surface area contributed by atoms with Gasteiger partial charge in [-0.25, -0.2) is 22.9 Å². The first-order valence-corrected chi connectivity index (χ1v) is 8.71. The lowest BCUT2D eigenvalue weighted by Gasteiger charge is -2.00. The van der Waals surface area contributed by atoms with Crippen molar-refractivity contribution in [2.75, 3.05) is 0 Å². The molecule has 3 aromatic rings. The Bertz CT molecular complexity index is 901. The first-order chi connectivity index (χ1) is 10.4. The number of rotatable bonds is 3. The maximum atomic E-state index is 12.9. The van der Waals surface area contributed by atoms with Crippen molar-refractivity contribution in [1.82, 2.24) is 4.98 Å². The lowest BCUT2D eigenvalue weighted by molar-refractivity contribution is 0.598. The molecule has 2 aromatic carbocycles. The molecule has 0 unspecified atom stereocenters. The van der Waals surface area contributed by atoms with E-state index in [9.17, 15) is 12.8 Å². The maximum Gasteiger partial charge on any atom is 0.238 e. The molecule has 0 saturated heterocycles. The molecule has 0 saturated carbocycles. The third-order valence-corrected chi connectivity index (χ3v) is 4.89. The molecule has 0 aliphatic carbocycles. The van der Waals surface area contributed by atoms with Crippen LogP contribution in [0.3, 0.4) is 0 Å². The van der Waals surface area contributed by atoms with E-state index in [1.807, 2.05) is 5.38 Å². The van der Waals surface area contributed by atoms with Crippen LogP contribution in [0.5, 0.6) is 0 Å². The molecule has 3 rings (SSSR count). The number of nitrogens with zero attached hydrogens (tertiary/aromatic N) is 1. The molecular weight excluding hydrogens is 323 g/mol. The SMILES string of the molecule is NS(=O)(=O)c1ccc(-c2csc(-c3ccc(F)cc3)n2)cc1. The molecule has 0 radical (unpaired) electrons. The van der Waals surface area contributed by atoms with Gasteiger partial charge in [0.1, 0.15) is 10.8 Å². The number of aromatic nitrogens is 1. The van der Waals surface area contributed by atoms with Crippen LogP contribution >= 0.6 is 11.3 Å². The first kappa shape index (κ1) is 14.8. The van der Waals surface area contributed by atoms with Crippen molar-refractivity contribution >= 4 is 21.4 Å². The number of hydrogen-bond acceptors (Lipinski definition) is 4. The lowest BCUT2D eigenvalue weighted by atomic mass is 10.2. The zero-order chi connectivity index (χ0) is 15.7. The van der Waals surface area contributed by atoms with Crippen molar-refractivity contribution in [3.63, 3.8) is 0 Å². The number of sulfonamides is 1. The quantitative estimate of drug-likeness (QED) is 0.799. The Balaban J connectivity index is 1.92. The summed E-state index contributed by atoms with van der Waals surface area (Å²) in [5, 5.41) is 7.70. The summed E-state index contributed by atoms with van der Waals surface area (Å²) in [5.74, 6) is -0.292. The van der Waals surface area contributed by atoms with E-state index < -0.39 is 10.0 Å². The molecule has 0 aliphatic heterocycles. The summed E-state index contributed by atoms with van der Waals surface area (Å²) in [7, 11) is -3.70. The lowest BCUT2D eigenvalue weighted by Crippen LogP contribution is -2.11. The van der Waals surface area contributed by atoms with Crippen LogP contribution < -0.4 is 5.14 Å². The average Bonchev–Trinajstić information content (AvgIpc) is 2.97. The van der Waals surface area contributed by atoms with Crippen molar-refractivity contribution in [3.05, 3.63) is 59.7 Å². The third-order valence-electron chi connectivity index (χ3n) is 3.07. The molecule has 112 valence electrons. The molecule has 4 nitrogen and oxygen atoms in total. The van der Waals surface area contributed by atoms with Crippen molar-refractivity contribution in [1.29, 1.82) is 0 Å². The molecule has 0 amide bonds. The van der Waals surface area contributed by atoms with Gasteiger partial charge in [-0.15, -0.1) is 11.3 Å². The number of primary sulfonamides is 1. The van der Waals surface area contributed by atoms with Crippen LogP contribution in [0.1, 0.15) is 0 Å². The number of nitrogens with two attached hydrogens (primary N) is 1. The highest BCUT2D eigenvalue weighted by molar-refractivity contribution is 7.89. The van der Waals surface area contributed by atoms with Crippen LogP contribution in [0.2, 0.25) is 0 Å². The molecule has 22 heavy (non-hydrogen) atoms. The minimum absolute atomic E-state index is 0.0604. The van der Waals surface area contributed by atoms with Gasteiger partial charge in [-0.2, -0.15) is 0 Å². The van der Waals surface area contributed by atoms with Gasteiger partial charge in [-0.3, -0.25) is 0 Å². The number of benzene rings is 2. The van der Waals surface area contributed by atoms with E-state index in [1.165, 1.54) is 35.6 Å². The van der Waals surface area contributed by atoms with Gasteiger partial charge in [0.2, 0.25) is 10.0 Å². The summed E-state index contributed by atoms with van der Waals surface area (Å²) in [6, 6.07) is 12.3. The molecule has 2 N–H and O–H groups in total. The minimum Gasteiger partial charge on any atom is -0.236 e. The molecule has 0 bridgehead atoms. The predicted octanol–water partition coefficient (Wildman–Crippen LogP) is 3.26. The minimum atomic E-state index is -3.70. The monoisotopic (exact) mass is 334 g/mol. The normalized spacial score (nSPS) is 11.5. The molecule has 7 heteroatoms. The van der Waals surface area contributed by atoms with E-state index in [2.05, 4.69) is 4.98 Å². The summed E-state index contributed by atoms with van der Waals surface area (Å²) >= 11 is 1.44. The second-order valence-corrected chi connectivity index (χ2v) is 7.03. The molecule has 0 fully saturated rings. The zero-order valence-electron chi connectivity index (χ0n) is 11.2. The summed E-state index contributed by atoms with van der Waals surface area (Å²) in [6.07, 6.45) is 0. The Morgan fingerprint density at radius 2 is 1.55 bits per heavy atom. The predicted molar refractivity (Wildman–Crippen MR) is 84.3 cm³/mol. The van der Waals surface area contributed by atoms with Gasteiger partial charge in [0.05, 0.1) is 10.6 Å². The highest BCUT2D eigenvalue weighted by atomic mass is 32.2. The van der Waals surface area contributed by atoms with E-state index in [1.54, 1.807) is 24.3 Å². The Morgan fingerprint density at radius 1 is 0.955 bits per heavy atom. The standard InChI is InChI=1S/C15H11FN2O2S2/c16-12-5-1-11(2-6-12)15-18-14(9-21-15)10-3-7-13(8-4-10)22(17,19)20/h1-9H,(H2,17,19,20). The molecular formula is C15H11FN2O2S2. The van der Waals surface area contributed by atoms with Gasteiger partial charge in [-0.1, -0.05) is 12.1 Å². The van der Waals surface area contributed by atoms with Crippen LogP contribution in [0.4, 0.5) is 4.39 Å². The third kappa shape index (κ3) is 3.06. The van der Waals surface area contributed by atoms with Crippen molar-refractivity contribution in [3.8, 4) is 21.8 Å². The van der Waals surface area contributed by atoms with Crippen LogP contribution in [0.25, 0.3) is 21.8 Å². The van der Waals surface area contributed by atoms with Crippen LogP contribution in [-0.2, 0) is 10.0 Å². The summed E-state index contributed by atoms with van der Waals surface area (Å²) < 4.78 is 35.4. The van der Waals surface area contributed by atoms with Crippen LogP contribution in [0, 0.1) is 5.82 Å². The summed E-state index contributed by atoms with van der Waals surface area (Å²) in [5.41, 5.74) is 2.35. The first-order valence-electron chi connectivity index (χ1n) is 6.28. The van der Waals surface area contributed by atoms with Gasteiger partial charge in [0, 0.05) is 16.5 Å². The summed E-state index contributed by atoms with van der Waals surface area (Å²) in [4.78, 5) is 4.55. The molecule has 0 aliphatic rings. The van der Waals surface area contributed by atoms with E-state index in [0.29, 0.717) is 0 Å². The Kier molecular flexibility index (Phi) is 3.78. The largest absolute Gasteiger partial charge is 0.238 e. The van der Waals surface area contributed by atoms with Crippen LogP contribution in [-0.4, -0.2) is 13.4 Å². The Morgan fingerprint density at radius 3 is 2.14 bits per heavy atom. The number of thiazole rings is 1. The second-order valence-electron chi connectivity index (χ2n) is 4.61. The van der Waals surface area contributed by atoms with E-state index >= 15 is 0 Å². The van der Waals surface area contributed by atoms with E-state index in [-0.39, 0.29) is 10.7 Å². The Hall–Kier alpha value is -2.09. The fraction of sp³-hybridized carbons (Fsp3) is 0. The number of halogens is 1. The summed E-state index contributed by atoms with van der Waals surface area (Å²) in [6.45, 7) is 0. The fourth-order valence-electron chi connectivity index (χ4n) is 1.95. The highest BCUT2D eigenvalue weighted by Crippen LogP contribution is 2.29. The highest BCUT2D eigenvalue weighted by Gasteiger charge is 2.10. The van der Waals surface area contributed by atoms with Crippen LogP contribution in [0.15, 0.2) is 58.8 Å². The van der Waals surface area contributed by atoms with Crippen molar-refractivity contribution in [2.45, 2.75) is 4.90 Å². The van der Waals surface area contributed by atoms with Crippen molar-refractivity contribution < 1.29 is 12.8 Å². The smallest absolute Gasteiger partial charge is 0.236 e. The fourth-order valence-corrected chi connectivity index (χ4v) is 3.30. The van der Waals surface area contributed by atoms with Crippen molar-refractivity contribution in [2.24, 2.45) is 5.14 Å². The average molecular weight is 334 g/mol. The van der Waals surface area contributed by atoms with Gasteiger partial charge >= 0.3 is 0 Å². The second kappa shape index (κ2) is 5.60. The van der Waals surface area contributed by atoms with Gasteiger partial charge in [0.25, 0.3) is 0 Å². The number of hydrogen-bond donors (Lipinski definition) is 1. The van der Waals surface area contributed by atoms with E-state index in [0.717, 1.165) is 21.8 Å². The van der Waals surface area contributed by atoms with Gasteiger partial charge < -0.3 is 0 Å².